The van der Waals surface area contributed by atoms with E-state index in [1.807, 2.05) is 20.8 Å². The molecule has 1 unspecified atom stereocenters. The Balaban J connectivity index is 2.81. The van der Waals surface area contributed by atoms with Crippen LogP contribution in [0.5, 0.6) is 0 Å². The van der Waals surface area contributed by atoms with Crippen LogP contribution in [0.2, 0.25) is 0 Å². The average molecular weight is 270 g/mol. The first-order valence-electron chi connectivity index (χ1n) is 6.90. The number of likely N-dealkylation sites (tertiary alicyclic amines) is 1. The van der Waals surface area contributed by atoms with Gasteiger partial charge in [0.15, 0.2) is 0 Å². The molecule has 1 saturated heterocycles. The Bertz CT molecular complexity index is 368. The summed E-state index contributed by atoms with van der Waals surface area (Å²) in [5.74, 6) is -0.817. The van der Waals surface area contributed by atoms with Crippen molar-refractivity contribution in [2.75, 3.05) is 20.1 Å². The van der Waals surface area contributed by atoms with Crippen LogP contribution in [0.25, 0.3) is 0 Å². The molecule has 0 bridgehead atoms. The number of carboxylic acids is 1. The third-order valence-electron chi connectivity index (χ3n) is 4.54. The molecule has 0 aliphatic carbocycles. The van der Waals surface area contributed by atoms with Gasteiger partial charge < -0.3 is 14.9 Å². The first-order valence-corrected chi connectivity index (χ1v) is 6.90. The molecule has 1 heterocycles. The quantitative estimate of drug-likeness (QED) is 0.856. The first-order chi connectivity index (χ1) is 8.64. The van der Waals surface area contributed by atoms with E-state index in [-0.39, 0.29) is 11.6 Å². The summed E-state index contributed by atoms with van der Waals surface area (Å²) in [6, 6.07) is -0.0703. The Morgan fingerprint density at radius 3 is 2.47 bits per heavy atom. The predicted octanol–water partition coefficient (Wildman–Crippen LogP) is 2.41. The summed E-state index contributed by atoms with van der Waals surface area (Å²) in [6.07, 6.45) is 2.24. The van der Waals surface area contributed by atoms with Crippen molar-refractivity contribution in [3.63, 3.8) is 0 Å². The van der Waals surface area contributed by atoms with Crippen LogP contribution in [0.1, 0.15) is 47.0 Å². The van der Waals surface area contributed by atoms with Gasteiger partial charge in [-0.25, -0.2) is 4.79 Å². The number of amides is 2. The Hall–Kier alpha value is -1.26. The normalized spacial score (nSPS) is 24.2. The molecule has 5 heteroatoms. The number of nitrogens with zero attached hydrogens (tertiary/aromatic N) is 2. The van der Waals surface area contributed by atoms with Crippen LogP contribution in [-0.4, -0.2) is 52.6 Å². The number of rotatable bonds is 3. The SMILES string of the molecule is CCC(C)(C)N(C)C(=O)N1CCCC(C)(C(=O)O)C1. The fraction of sp³-hybridized carbons (Fsp3) is 0.857. The summed E-state index contributed by atoms with van der Waals surface area (Å²) < 4.78 is 0. The molecular weight excluding hydrogens is 244 g/mol. The number of carbonyl (C=O) groups is 2. The average Bonchev–Trinajstić information content (AvgIpc) is 2.36. The Kier molecular flexibility index (Phi) is 4.48. The fourth-order valence-electron chi connectivity index (χ4n) is 2.29. The molecular formula is C14H26N2O3. The topological polar surface area (TPSA) is 60.9 Å². The van der Waals surface area contributed by atoms with Gasteiger partial charge in [-0.2, -0.15) is 0 Å². The van der Waals surface area contributed by atoms with E-state index in [2.05, 4.69) is 0 Å². The summed E-state index contributed by atoms with van der Waals surface area (Å²) in [7, 11) is 1.79. The fourth-order valence-corrected chi connectivity index (χ4v) is 2.29. The minimum Gasteiger partial charge on any atom is -0.481 e. The van der Waals surface area contributed by atoms with Gasteiger partial charge in [0.1, 0.15) is 0 Å². The third kappa shape index (κ3) is 3.19. The van der Waals surface area contributed by atoms with E-state index in [9.17, 15) is 14.7 Å². The summed E-state index contributed by atoms with van der Waals surface area (Å²) in [5, 5.41) is 9.29. The maximum atomic E-state index is 12.5. The number of carbonyl (C=O) groups excluding carboxylic acids is 1. The zero-order chi connectivity index (χ0) is 14.8. The zero-order valence-electron chi connectivity index (χ0n) is 12.7. The molecule has 0 radical (unpaired) electrons. The monoisotopic (exact) mass is 270 g/mol. The van der Waals surface area contributed by atoms with Crippen molar-refractivity contribution < 1.29 is 14.7 Å². The number of hydrogen-bond donors (Lipinski definition) is 1. The third-order valence-corrected chi connectivity index (χ3v) is 4.54. The standard InChI is InChI=1S/C14H26N2O3/c1-6-13(2,3)15(5)12(19)16-9-7-8-14(4,10-16)11(17)18/h6-10H2,1-5H3,(H,17,18). The second-order valence-corrected chi connectivity index (χ2v) is 6.40. The lowest BCUT2D eigenvalue weighted by Crippen LogP contribution is -2.55. The number of hydrogen-bond acceptors (Lipinski definition) is 2. The smallest absolute Gasteiger partial charge is 0.320 e. The largest absolute Gasteiger partial charge is 0.481 e. The van der Waals surface area contributed by atoms with E-state index in [0.29, 0.717) is 19.5 Å². The number of carboxylic acid groups (broad SMARTS) is 1. The van der Waals surface area contributed by atoms with Gasteiger partial charge in [0, 0.05) is 25.7 Å². The number of urea groups is 1. The molecule has 0 aromatic heterocycles. The zero-order valence-corrected chi connectivity index (χ0v) is 12.7. The Labute approximate surface area is 115 Å². The van der Waals surface area contributed by atoms with Crippen LogP contribution in [0, 0.1) is 5.41 Å². The Morgan fingerprint density at radius 2 is 2.00 bits per heavy atom. The van der Waals surface area contributed by atoms with Crippen molar-refractivity contribution in [3.8, 4) is 0 Å². The van der Waals surface area contributed by atoms with Crippen LogP contribution >= 0.6 is 0 Å². The molecule has 1 atom stereocenters. The highest BCUT2D eigenvalue weighted by atomic mass is 16.4. The van der Waals surface area contributed by atoms with E-state index in [4.69, 9.17) is 0 Å². The van der Waals surface area contributed by atoms with Gasteiger partial charge in [0.05, 0.1) is 5.41 Å². The van der Waals surface area contributed by atoms with Crippen molar-refractivity contribution in [3.05, 3.63) is 0 Å². The lowest BCUT2D eigenvalue weighted by atomic mass is 9.82. The molecule has 110 valence electrons. The van der Waals surface area contributed by atoms with E-state index >= 15 is 0 Å². The summed E-state index contributed by atoms with van der Waals surface area (Å²) >= 11 is 0. The van der Waals surface area contributed by atoms with Gasteiger partial charge >= 0.3 is 12.0 Å². The maximum absolute atomic E-state index is 12.5. The van der Waals surface area contributed by atoms with Gasteiger partial charge in [-0.1, -0.05) is 6.92 Å². The maximum Gasteiger partial charge on any atom is 0.320 e. The van der Waals surface area contributed by atoms with E-state index in [1.54, 1.807) is 23.8 Å². The van der Waals surface area contributed by atoms with Crippen LogP contribution in [-0.2, 0) is 4.79 Å². The van der Waals surface area contributed by atoms with Crippen LogP contribution in [0.4, 0.5) is 4.79 Å². The van der Waals surface area contributed by atoms with Gasteiger partial charge in [0.2, 0.25) is 0 Å². The molecule has 1 aliphatic heterocycles. The Morgan fingerprint density at radius 1 is 1.42 bits per heavy atom. The van der Waals surface area contributed by atoms with Crippen molar-refractivity contribution in [1.82, 2.24) is 9.80 Å². The van der Waals surface area contributed by atoms with Crippen molar-refractivity contribution in [2.45, 2.75) is 52.5 Å². The van der Waals surface area contributed by atoms with Gasteiger partial charge in [-0.15, -0.1) is 0 Å². The lowest BCUT2D eigenvalue weighted by molar-refractivity contribution is -0.150. The second-order valence-electron chi connectivity index (χ2n) is 6.40. The molecule has 0 spiro atoms. The lowest BCUT2D eigenvalue weighted by Gasteiger charge is -2.43. The van der Waals surface area contributed by atoms with Gasteiger partial charge in [-0.3, -0.25) is 4.79 Å². The molecule has 0 aromatic carbocycles. The molecule has 5 nitrogen and oxygen atoms in total. The van der Waals surface area contributed by atoms with Crippen LogP contribution in [0.15, 0.2) is 0 Å². The number of aliphatic carboxylic acids is 1. The number of piperidine rings is 1. The highest BCUT2D eigenvalue weighted by Gasteiger charge is 2.41. The van der Waals surface area contributed by atoms with Crippen molar-refractivity contribution in [2.24, 2.45) is 5.41 Å². The molecule has 1 aliphatic rings. The minimum absolute atomic E-state index is 0.0703. The van der Waals surface area contributed by atoms with E-state index in [1.165, 1.54) is 0 Å². The molecule has 0 aromatic rings. The van der Waals surface area contributed by atoms with Crippen molar-refractivity contribution >= 4 is 12.0 Å². The molecule has 1 rings (SSSR count). The highest BCUT2D eigenvalue weighted by molar-refractivity contribution is 5.78. The van der Waals surface area contributed by atoms with E-state index < -0.39 is 11.4 Å². The molecule has 19 heavy (non-hydrogen) atoms. The van der Waals surface area contributed by atoms with Gasteiger partial charge in [-0.05, 0) is 40.0 Å². The molecule has 1 N–H and O–H groups in total. The molecule has 2 amide bonds. The summed E-state index contributed by atoms with van der Waals surface area (Å²) in [6.45, 7) is 8.74. The van der Waals surface area contributed by atoms with Crippen molar-refractivity contribution in [1.29, 1.82) is 0 Å². The van der Waals surface area contributed by atoms with E-state index in [0.717, 1.165) is 12.8 Å². The second kappa shape index (κ2) is 5.39. The van der Waals surface area contributed by atoms with Crippen LogP contribution < -0.4 is 0 Å². The minimum atomic E-state index is -0.817. The van der Waals surface area contributed by atoms with Crippen LogP contribution in [0.3, 0.4) is 0 Å². The summed E-state index contributed by atoms with van der Waals surface area (Å²) in [4.78, 5) is 27.2. The predicted molar refractivity (Wildman–Crippen MR) is 74.1 cm³/mol. The highest BCUT2D eigenvalue weighted by Crippen LogP contribution is 2.31. The molecule has 1 fully saturated rings. The van der Waals surface area contributed by atoms with Gasteiger partial charge in [0.25, 0.3) is 0 Å². The molecule has 0 saturated carbocycles. The summed E-state index contributed by atoms with van der Waals surface area (Å²) in [5.41, 5.74) is -1.03. The first kappa shape index (κ1) is 15.8.